The molecule has 35 heavy (non-hydrogen) atoms. The zero-order valence-corrected chi connectivity index (χ0v) is 20.9. The molecule has 2 aromatic carbocycles. The van der Waals surface area contributed by atoms with Gasteiger partial charge in [-0.15, -0.1) is 11.3 Å². The number of aromatic nitrogens is 2. The highest BCUT2D eigenvalue weighted by molar-refractivity contribution is 7.20. The molecule has 2 aromatic heterocycles. The van der Waals surface area contributed by atoms with Crippen LogP contribution in [0.3, 0.4) is 0 Å². The van der Waals surface area contributed by atoms with Crippen LogP contribution in [0.1, 0.15) is 32.2 Å². The first-order chi connectivity index (χ1) is 17.0. The molecule has 0 radical (unpaired) electrons. The molecular formula is C26H27N3O5S. The normalized spacial score (nSPS) is 10.9. The molecule has 1 amide bonds. The molecule has 182 valence electrons. The van der Waals surface area contributed by atoms with Crippen molar-refractivity contribution in [1.29, 1.82) is 0 Å². The number of ether oxygens (including phenoxy) is 4. The number of thiophene rings is 1. The molecule has 2 heterocycles. The zero-order chi connectivity index (χ0) is 24.8. The molecule has 0 saturated carbocycles. The average molecular weight is 494 g/mol. The Bertz CT molecular complexity index is 1320. The minimum atomic E-state index is -0.191. The van der Waals surface area contributed by atoms with E-state index in [-0.39, 0.29) is 12.5 Å². The number of benzene rings is 2. The third-order valence-corrected chi connectivity index (χ3v) is 6.58. The van der Waals surface area contributed by atoms with Gasteiger partial charge >= 0.3 is 0 Å². The highest BCUT2D eigenvalue weighted by atomic mass is 32.1. The van der Waals surface area contributed by atoms with E-state index < -0.39 is 0 Å². The first-order valence-corrected chi connectivity index (χ1v) is 11.8. The number of carbonyl (C=O) groups is 1. The van der Waals surface area contributed by atoms with Gasteiger partial charge in [0.05, 0.1) is 24.5 Å². The Kier molecular flexibility index (Phi) is 7.79. The van der Waals surface area contributed by atoms with Crippen LogP contribution in [0.2, 0.25) is 0 Å². The van der Waals surface area contributed by atoms with Crippen molar-refractivity contribution in [2.75, 3.05) is 21.3 Å². The molecule has 0 atom stereocenters. The summed E-state index contributed by atoms with van der Waals surface area (Å²) in [4.78, 5) is 23.2. The fourth-order valence-electron chi connectivity index (χ4n) is 3.64. The Morgan fingerprint density at radius 2 is 1.74 bits per heavy atom. The number of nitrogens with one attached hydrogen (secondary N) is 1. The van der Waals surface area contributed by atoms with E-state index in [0.717, 1.165) is 22.1 Å². The lowest BCUT2D eigenvalue weighted by molar-refractivity contribution is 0.0954. The smallest absolute Gasteiger partial charge is 0.261 e. The van der Waals surface area contributed by atoms with Crippen LogP contribution in [0.4, 0.5) is 0 Å². The fraction of sp³-hybridized carbons (Fsp3) is 0.269. The van der Waals surface area contributed by atoms with Gasteiger partial charge in [0.15, 0.2) is 17.3 Å². The summed E-state index contributed by atoms with van der Waals surface area (Å²) in [5.41, 5.74) is 2.74. The molecule has 1 N–H and O–H groups in total. The lowest BCUT2D eigenvalue weighted by atomic mass is 10.1. The standard InChI is InChI=1S/C26H27N3O5S/c1-16-22-25(33-4)28-21(15-31-2)29-26(22)35-23(16)24(30)27-13-18-10-11-19(20(12-18)32-3)34-14-17-8-6-5-7-9-17/h5-12H,13-15H2,1-4H3,(H,27,30). The van der Waals surface area contributed by atoms with Crippen molar-refractivity contribution in [2.45, 2.75) is 26.7 Å². The van der Waals surface area contributed by atoms with Crippen LogP contribution in [-0.2, 0) is 24.5 Å². The van der Waals surface area contributed by atoms with Crippen LogP contribution < -0.4 is 19.5 Å². The Balaban J connectivity index is 1.47. The van der Waals surface area contributed by atoms with Crippen LogP contribution in [0.5, 0.6) is 17.4 Å². The Morgan fingerprint density at radius 1 is 0.943 bits per heavy atom. The molecule has 4 aromatic rings. The fourth-order valence-corrected chi connectivity index (χ4v) is 4.75. The van der Waals surface area contributed by atoms with Crippen LogP contribution in [0.25, 0.3) is 10.2 Å². The second-order valence-electron chi connectivity index (χ2n) is 7.76. The molecule has 0 saturated heterocycles. The van der Waals surface area contributed by atoms with Crippen molar-refractivity contribution in [3.8, 4) is 17.4 Å². The molecule has 9 heteroatoms. The highest BCUT2D eigenvalue weighted by Gasteiger charge is 2.21. The number of hydrogen-bond donors (Lipinski definition) is 1. The number of rotatable bonds is 10. The molecule has 0 aliphatic rings. The monoisotopic (exact) mass is 493 g/mol. The number of methoxy groups -OCH3 is 3. The van der Waals surface area contributed by atoms with E-state index in [9.17, 15) is 4.79 Å². The largest absolute Gasteiger partial charge is 0.493 e. The molecule has 0 aliphatic heterocycles. The lowest BCUT2D eigenvalue weighted by Gasteiger charge is -2.13. The summed E-state index contributed by atoms with van der Waals surface area (Å²) in [5, 5.41) is 3.72. The van der Waals surface area contributed by atoms with Crippen LogP contribution >= 0.6 is 11.3 Å². The van der Waals surface area contributed by atoms with Gasteiger partial charge in [-0.1, -0.05) is 36.4 Å². The second-order valence-corrected chi connectivity index (χ2v) is 8.76. The van der Waals surface area contributed by atoms with Crippen LogP contribution in [-0.4, -0.2) is 37.2 Å². The van der Waals surface area contributed by atoms with E-state index in [0.29, 0.717) is 46.1 Å². The van der Waals surface area contributed by atoms with Crippen molar-refractivity contribution < 1.29 is 23.7 Å². The van der Waals surface area contributed by atoms with Gasteiger partial charge in [0.25, 0.3) is 5.91 Å². The molecule has 0 fully saturated rings. The van der Waals surface area contributed by atoms with Gasteiger partial charge in [-0.3, -0.25) is 4.79 Å². The van der Waals surface area contributed by atoms with Crippen molar-refractivity contribution in [1.82, 2.24) is 15.3 Å². The van der Waals surface area contributed by atoms with Gasteiger partial charge in [0, 0.05) is 13.7 Å². The minimum Gasteiger partial charge on any atom is -0.493 e. The maximum Gasteiger partial charge on any atom is 0.261 e. The third-order valence-electron chi connectivity index (χ3n) is 5.39. The SMILES string of the molecule is COCc1nc(OC)c2c(C)c(C(=O)NCc3ccc(OCc4ccccc4)c(OC)c3)sc2n1. The minimum absolute atomic E-state index is 0.191. The number of amides is 1. The van der Waals surface area contributed by atoms with Crippen molar-refractivity contribution in [2.24, 2.45) is 0 Å². The summed E-state index contributed by atoms with van der Waals surface area (Å²) in [6.45, 7) is 2.91. The van der Waals surface area contributed by atoms with Gasteiger partial charge in [-0.2, -0.15) is 4.98 Å². The Morgan fingerprint density at radius 3 is 2.46 bits per heavy atom. The summed E-state index contributed by atoms with van der Waals surface area (Å²) in [6, 6.07) is 15.6. The molecule has 4 rings (SSSR count). The van der Waals surface area contributed by atoms with E-state index in [1.54, 1.807) is 21.3 Å². The number of aryl methyl sites for hydroxylation is 1. The summed E-state index contributed by atoms with van der Waals surface area (Å²) in [5.74, 6) is 2.00. The number of hydrogen-bond acceptors (Lipinski definition) is 8. The zero-order valence-electron chi connectivity index (χ0n) is 20.1. The number of fused-ring (bicyclic) bond motifs is 1. The van der Waals surface area contributed by atoms with E-state index in [1.807, 2.05) is 55.5 Å². The van der Waals surface area contributed by atoms with E-state index >= 15 is 0 Å². The lowest BCUT2D eigenvalue weighted by Crippen LogP contribution is -2.22. The van der Waals surface area contributed by atoms with Crippen LogP contribution in [0.15, 0.2) is 48.5 Å². The van der Waals surface area contributed by atoms with Crippen molar-refractivity contribution in [3.05, 3.63) is 75.9 Å². The number of nitrogens with zero attached hydrogens (tertiary/aromatic N) is 2. The van der Waals surface area contributed by atoms with Crippen molar-refractivity contribution in [3.63, 3.8) is 0 Å². The topological polar surface area (TPSA) is 91.8 Å². The summed E-state index contributed by atoms with van der Waals surface area (Å²) < 4.78 is 22.0. The number of carbonyl (C=O) groups excluding carboxylic acids is 1. The molecule has 0 unspecified atom stereocenters. The van der Waals surface area contributed by atoms with Gasteiger partial charge < -0.3 is 24.3 Å². The van der Waals surface area contributed by atoms with Gasteiger partial charge in [0.2, 0.25) is 5.88 Å². The van der Waals surface area contributed by atoms with E-state index in [4.69, 9.17) is 18.9 Å². The molecule has 0 spiro atoms. The highest BCUT2D eigenvalue weighted by Crippen LogP contribution is 2.35. The average Bonchev–Trinajstić information content (AvgIpc) is 3.22. The summed E-state index contributed by atoms with van der Waals surface area (Å²) >= 11 is 1.31. The Labute approximate surface area is 207 Å². The first kappa shape index (κ1) is 24.4. The maximum atomic E-state index is 13.0. The summed E-state index contributed by atoms with van der Waals surface area (Å²) in [7, 11) is 4.73. The van der Waals surface area contributed by atoms with Gasteiger partial charge in [-0.05, 0) is 35.7 Å². The van der Waals surface area contributed by atoms with Crippen molar-refractivity contribution >= 4 is 27.5 Å². The third kappa shape index (κ3) is 5.52. The summed E-state index contributed by atoms with van der Waals surface area (Å²) in [6.07, 6.45) is 0. The van der Waals surface area contributed by atoms with E-state index in [1.165, 1.54) is 11.3 Å². The maximum absolute atomic E-state index is 13.0. The predicted molar refractivity (Wildman–Crippen MR) is 134 cm³/mol. The molecule has 8 nitrogen and oxygen atoms in total. The quantitative estimate of drug-likeness (QED) is 0.343. The molecular weight excluding hydrogens is 466 g/mol. The van der Waals surface area contributed by atoms with Gasteiger partial charge in [0.1, 0.15) is 18.0 Å². The first-order valence-electron chi connectivity index (χ1n) is 11.0. The molecule has 0 bridgehead atoms. The van der Waals surface area contributed by atoms with Crippen LogP contribution in [0, 0.1) is 6.92 Å². The van der Waals surface area contributed by atoms with Gasteiger partial charge in [-0.25, -0.2) is 4.98 Å². The Hall–Kier alpha value is -3.69. The second kappa shape index (κ2) is 11.2. The molecule has 0 aliphatic carbocycles. The van der Waals surface area contributed by atoms with E-state index in [2.05, 4.69) is 15.3 Å². The predicted octanol–water partition coefficient (Wildman–Crippen LogP) is 4.67.